The Kier molecular flexibility index (Phi) is 4.19. The molecule has 92 valence electrons. The third kappa shape index (κ3) is 3.86. The Hall–Kier alpha value is -1.92. The maximum absolute atomic E-state index is 12.2. The van der Waals surface area contributed by atoms with Crippen molar-refractivity contribution < 1.29 is 13.2 Å². The van der Waals surface area contributed by atoms with E-state index in [1.165, 1.54) is 0 Å². The lowest BCUT2D eigenvalue weighted by atomic mass is 10.2. The molecule has 0 radical (unpaired) electrons. The predicted octanol–water partition coefficient (Wildman–Crippen LogP) is 2.48. The quantitative estimate of drug-likeness (QED) is 0.656. The fourth-order valence-corrected chi connectivity index (χ4v) is 0.975. The monoisotopic (exact) mass is 244 g/mol. The van der Waals surface area contributed by atoms with Crippen molar-refractivity contribution in [3.05, 3.63) is 29.9 Å². The van der Waals surface area contributed by atoms with Gasteiger partial charge in [0.15, 0.2) is 5.82 Å². The third-order valence-corrected chi connectivity index (χ3v) is 1.80. The lowest BCUT2D eigenvalue weighted by Gasteiger charge is -1.98. The molecule has 1 rings (SSSR count). The Morgan fingerprint density at radius 2 is 2.06 bits per heavy atom. The summed E-state index contributed by atoms with van der Waals surface area (Å²) < 4.78 is 36.7. The zero-order valence-electron chi connectivity index (χ0n) is 9.28. The second-order valence-electron chi connectivity index (χ2n) is 3.15. The van der Waals surface area contributed by atoms with Crippen LogP contribution in [-0.2, 0) is 6.18 Å². The average molecular weight is 244 g/mol. The van der Waals surface area contributed by atoms with Gasteiger partial charge in [0.2, 0.25) is 5.82 Å². The van der Waals surface area contributed by atoms with Crippen molar-refractivity contribution in [2.24, 2.45) is 4.99 Å². The van der Waals surface area contributed by atoms with Crippen molar-refractivity contribution in [2.45, 2.75) is 13.1 Å². The molecular formula is C10H11F3N4. The van der Waals surface area contributed by atoms with E-state index < -0.39 is 12.0 Å². The zero-order valence-corrected chi connectivity index (χ0v) is 9.28. The van der Waals surface area contributed by atoms with Gasteiger partial charge in [-0.15, -0.1) is 0 Å². The molecule has 0 fully saturated rings. The maximum Gasteiger partial charge on any atom is 0.451 e. The van der Waals surface area contributed by atoms with Crippen LogP contribution in [0.25, 0.3) is 5.57 Å². The molecule has 0 aliphatic carbocycles. The van der Waals surface area contributed by atoms with Gasteiger partial charge in [-0.2, -0.15) is 18.3 Å². The van der Waals surface area contributed by atoms with Gasteiger partial charge < -0.3 is 0 Å². The molecule has 0 aliphatic heterocycles. The van der Waals surface area contributed by atoms with E-state index in [1.54, 1.807) is 38.4 Å². The number of hydrogen-bond acceptors (Lipinski definition) is 3. The SMILES string of the molecule is CN=C/C=C\C=C(/C)c1n[nH]c(C(F)(F)F)n1. The normalized spacial score (nSPS) is 14.1. The summed E-state index contributed by atoms with van der Waals surface area (Å²) in [7, 11) is 1.62. The molecule has 0 atom stereocenters. The Labute approximate surface area is 96.0 Å². The minimum absolute atomic E-state index is 0.0235. The summed E-state index contributed by atoms with van der Waals surface area (Å²) in [6, 6.07) is 0. The molecule has 0 bridgehead atoms. The third-order valence-electron chi connectivity index (χ3n) is 1.80. The van der Waals surface area contributed by atoms with Crippen LogP contribution in [0.5, 0.6) is 0 Å². The van der Waals surface area contributed by atoms with Crippen molar-refractivity contribution in [1.82, 2.24) is 15.2 Å². The maximum atomic E-state index is 12.2. The van der Waals surface area contributed by atoms with Crippen LogP contribution >= 0.6 is 0 Å². The van der Waals surface area contributed by atoms with Gasteiger partial charge in [0, 0.05) is 13.3 Å². The van der Waals surface area contributed by atoms with Crippen molar-refractivity contribution in [3.63, 3.8) is 0 Å². The zero-order chi connectivity index (χ0) is 12.9. The van der Waals surface area contributed by atoms with Crippen LogP contribution in [-0.4, -0.2) is 28.4 Å². The van der Waals surface area contributed by atoms with Crippen molar-refractivity contribution in [1.29, 1.82) is 0 Å². The summed E-state index contributed by atoms with van der Waals surface area (Å²) >= 11 is 0. The van der Waals surface area contributed by atoms with Crippen molar-refractivity contribution in [2.75, 3.05) is 7.05 Å². The average Bonchev–Trinajstić information content (AvgIpc) is 2.72. The van der Waals surface area contributed by atoms with Crippen LogP contribution < -0.4 is 0 Å². The second-order valence-corrected chi connectivity index (χ2v) is 3.15. The number of aliphatic imine (C=N–C) groups is 1. The van der Waals surface area contributed by atoms with Crippen LogP contribution in [0.1, 0.15) is 18.6 Å². The van der Waals surface area contributed by atoms with E-state index in [9.17, 15) is 13.2 Å². The number of alkyl halides is 3. The molecule has 0 spiro atoms. The van der Waals surface area contributed by atoms with E-state index >= 15 is 0 Å². The van der Waals surface area contributed by atoms with Gasteiger partial charge in [-0.1, -0.05) is 12.2 Å². The number of hydrogen-bond donors (Lipinski definition) is 1. The summed E-state index contributed by atoms with van der Waals surface area (Å²) in [5.74, 6) is -1.07. The molecule has 7 heteroatoms. The highest BCUT2D eigenvalue weighted by atomic mass is 19.4. The molecule has 0 aromatic carbocycles. The Morgan fingerprint density at radius 3 is 2.59 bits per heavy atom. The van der Waals surface area contributed by atoms with Gasteiger partial charge in [-0.25, -0.2) is 4.98 Å². The molecule has 0 unspecified atom stereocenters. The molecule has 0 amide bonds. The van der Waals surface area contributed by atoms with Crippen molar-refractivity contribution >= 4 is 11.8 Å². The van der Waals surface area contributed by atoms with Crippen LogP contribution in [0.3, 0.4) is 0 Å². The van der Waals surface area contributed by atoms with E-state index in [0.717, 1.165) is 0 Å². The molecule has 0 saturated heterocycles. The summed E-state index contributed by atoms with van der Waals surface area (Å²) in [5, 5.41) is 5.34. The molecule has 1 aromatic rings. The molecule has 1 heterocycles. The van der Waals surface area contributed by atoms with Crippen LogP contribution in [0.4, 0.5) is 13.2 Å². The van der Waals surface area contributed by atoms with Crippen molar-refractivity contribution in [3.8, 4) is 0 Å². The second kappa shape index (κ2) is 5.42. The largest absolute Gasteiger partial charge is 0.451 e. The number of aromatic nitrogens is 3. The predicted molar refractivity (Wildman–Crippen MR) is 58.6 cm³/mol. The first-order chi connectivity index (χ1) is 7.95. The Bertz CT molecular complexity index is 454. The van der Waals surface area contributed by atoms with Gasteiger partial charge in [-0.05, 0) is 18.6 Å². The molecular weight excluding hydrogens is 233 g/mol. The number of rotatable bonds is 3. The summed E-state index contributed by atoms with van der Waals surface area (Å²) in [6.07, 6.45) is 1.96. The van der Waals surface area contributed by atoms with Gasteiger partial charge in [0.05, 0.1) is 0 Å². The minimum Gasteiger partial charge on any atom is -0.297 e. The van der Waals surface area contributed by atoms with Gasteiger partial charge in [-0.3, -0.25) is 10.1 Å². The van der Waals surface area contributed by atoms with Crippen LogP contribution in [0, 0.1) is 0 Å². The van der Waals surface area contributed by atoms with Crippen LogP contribution in [0.15, 0.2) is 23.2 Å². The number of halogens is 3. The van der Waals surface area contributed by atoms with E-state index in [4.69, 9.17) is 0 Å². The highest BCUT2D eigenvalue weighted by Crippen LogP contribution is 2.26. The smallest absolute Gasteiger partial charge is 0.297 e. The standard InChI is InChI=1S/C10H11F3N4/c1-7(5-3-4-6-14-2)8-15-9(17-16-8)10(11,12)13/h3-6H,1-2H3,(H,15,16,17)/b4-3-,7-5+,14-6?. The van der Waals surface area contributed by atoms with Gasteiger partial charge in [0.25, 0.3) is 0 Å². The minimum atomic E-state index is -4.50. The van der Waals surface area contributed by atoms with Gasteiger partial charge in [0.1, 0.15) is 0 Å². The number of allylic oxidation sites excluding steroid dienone is 4. The first-order valence-corrected chi connectivity index (χ1v) is 4.71. The van der Waals surface area contributed by atoms with Gasteiger partial charge >= 0.3 is 6.18 Å². The molecule has 0 saturated carbocycles. The topological polar surface area (TPSA) is 53.9 Å². The van der Waals surface area contributed by atoms with Crippen LogP contribution in [0.2, 0.25) is 0 Å². The Balaban J connectivity index is 2.83. The van der Waals surface area contributed by atoms with E-state index in [1.807, 2.05) is 5.10 Å². The molecule has 1 N–H and O–H groups in total. The lowest BCUT2D eigenvalue weighted by Crippen LogP contribution is -2.07. The molecule has 0 aliphatic rings. The highest BCUT2D eigenvalue weighted by molar-refractivity contribution is 5.72. The van der Waals surface area contributed by atoms with E-state index in [2.05, 4.69) is 15.1 Å². The lowest BCUT2D eigenvalue weighted by molar-refractivity contribution is -0.144. The summed E-state index contributed by atoms with van der Waals surface area (Å²) in [5.41, 5.74) is 0.525. The molecule has 1 aromatic heterocycles. The first kappa shape index (κ1) is 13.1. The number of nitrogens with one attached hydrogen (secondary N) is 1. The van der Waals surface area contributed by atoms with E-state index in [-0.39, 0.29) is 5.82 Å². The fraction of sp³-hybridized carbons (Fsp3) is 0.300. The molecule has 17 heavy (non-hydrogen) atoms. The first-order valence-electron chi connectivity index (χ1n) is 4.71. The Morgan fingerprint density at radius 1 is 1.35 bits per heavy atom. The summed E-state index contributed by atoms with van der Waals surface area (Å²) in [4.78, 5) is 7.07. The number of H-pyrrole nitrogens is 1. The molecule has 4 nitrogen and oxygen atoms in total. The number of nitrogens with zero attached hydrogens (tertiary/aromatic N) is 3. The highest BCUT2D eigenvalue weighted by Gasteiger charge is 2.35. The number of aromatic amines is 1. The summed E-state index contributed by atoms with van der Waals surface area (Å²) in [6.45, 7) is 1.62. The van der Waals surface area contributed by atoms with E-state index in [0.29, 0.717) is 5.57 Å². The fourth-order valence-electron chi connectivity index (χ4n) is 0.975.